The van der Waals surface area contributed by atoms with Crippen LogP contribution in [0, 0.1) is 5.41 Å². The molecule has 0 aromatic heterocycles. The van der Waals surface area contributed by atoms with Crippen molar-refractivity contribution < 1.29 is 4.74 Å². The fourth-order valence-electron chi connectivity index (χ4n) is 2.85. The predicted octanol–water partition coefficient (Wildman–Crippen LogP) is 4.14. The van der Waals surface area contributed by atoms with Crippen LogP contribution < -0.4 is 5.32 Å². The van der Waals surface area contributed by atoms with Crippen molar-refractivity contribution in [2.24, 2.45) is 5.41 Å². The van der Waals surface area contributed by atoms with Crippen LogP contribution in [0.2, 0.25) is 0 Å². The van der Waals surface area contributed by atoms with Crippen LogP contribution >= 0.6 is 0 Å². The lowest BCUT2D eigenvalue weighted by Gasteiger charge is -2.41. The van der Waals surface area contributed by atoms with Crippen LogP contribution in [0.15, 0.2) is 0 Å². The van der Waals surface area contributed by atoms with Gasteiger partial charge in [0.25, 0.3) is 0 Å². The summed E-state index contributed by atoms with van der Waals surface area (Å²) in [6, 6.07) is 0.583. The Labute approximate surface area is 114 Å². The molecular formula is C16H33NO. The fraction of sp³-hybridized carbons (Fsp3) is 1.00. The lowest BCUT2D eigenvalue weighted by Crippen LogP contribution is -2.48. The van der Waals surface area contributed by atoms with Crippen molar-refractivity contribution in [2.45, 2.75) is 84.8 Å². The third-order valence-corrected chi connectivity index (χ3v) is 4.07. The Morgan fingerprint density at radius 1 is 1.17 bits per heavy atom. The highest BCUT2D eigenvalue weighted by Gasteiger charge is 2.34. The summed E-state index contributed by atoms with van der Waals surface area (Å²) in [5.41, 5.74) is 0.458. The lowest BCUT2D eigenvalue weighted by atomic mass is 9.74. The van der Waals surface area contributed by atoms with E-state index in [1.807, 2.05) is 0 Å². The topological polar surface area (TPSA) is 21.3 Å². The molecule has 0 bridgehead atoms. The molecule has 2 atom stereocenters. The number of hydrogen-bond donors (Lipinski definition) is 1. The van der Waals surface area contributed by atoms with Crippen molar-refractivity contribution in [3.05, 3.63) is 0 Å². The highest BCUT2D eigenvalue weighted by molar-refractivity contribution is 4.89. The number of unbranched alkanes of at least 4 members (excludes halogenated alkanes) is 2. The van der Waals surface area contributed by atoms with E-state index in [-0.39, 0.29) is 0 Å². The Bertz CT molecular complexity index is 215. The van der Waals surface area contributed by atoms with Crippen molar-refractivity contribution >= 4 is 0 Å². The Kier molecular flexibility index (Phi) is 7.25. The number of nitrogens with one attached hydrogen (secondary N) is 1. The Morgan fingerprint density at radius 3 is 2.61 bits per heavy atom. The summed E-state index contributed by atoms with van der Waals surface area (Å²) in [6.45, 7) is 11.3. The molecule has 0 saturated heterocycles. The second kappa shape index (κ2) is 8.16. The summed E-state index contributed by atoms with van der Waals surface area (Å²) in [7, 11) is 0. The van der Waals surface area contributed by atoms with E-state index in [0.29, 0.717) is 17.6 Å². The van der Waals surface area contributed by atoms with Gasteiger partial charge in [0, 0.05) is 12.6 Å². The minimum Gasteiger partial charge on any atom is -0.377 e. The van der Waals surface area contributed by atoms with Crippen molar-refractivity contribution in [3.8, 4) is 0 Å². The molecule has 0 aromatic rings. The second-order valence-electron chi connectivity index (χ2n) is 6.58. The minimum atomic E-state index is 0.428. The van der Waals surface area contributed by atoms with Crippen LogP contribution in [-0.2, 0) is 4.74 Å². The predicted molar refractivity (Wildman–Crippen MR) is 79.0 cm³/mol. The smallest absolute Gasteiger partial charge is 0.0733 e. The first-order chi connectivity index (χ1) is 8.59. The van der Waals surface area contributed by atoms with E-state index in [9.17, 15) is 0 Å². The number of hydrogen-bond acceptors (Lipinski definition) is 2. The molecular weight excluding hydrogens is 222 g/mol. The molecule has 1 rings (SSSR count). The van der Waals surface area contributed by atoms with Crippen molar-refractivity contribution in [2.75, 3.05) is 13.2 Å². The Balaban J connectivity index is 2.38. The maximum absolute atomic E-state index is 6.17. The molecule has 2 heteroatoms. The molecule has 0 heterocycles. The average molecular weight is 255 g/mol. The van der Waals surface area contributed by atoms with Crippen molar-refractivity contribution in [1.82, 2.24) is 5.32 Å². The highest BCUT2D eigenvalue weighted by atomic mass is 16.5. The van der Waals surface area contributed by atoms with Gasteiger partial charge < -0.3 is 10.1 Å². The van der Waals surface area contributed by atoms with E-state index in [0.717, 1.165) is 13.2 Å². The van der Waals surface area contributed by atoms with Gasteiger partial charge >= 0.3 is 0 Å². The molecule has 2 nitrogen and oxygen atoms in total. The van der Waals surface area contributed by atoms with Crippen LogP contribution in [0.1, 0.15) is 72.6 Å². The second-order valence-corrected chi connectivity index (χ2v) is 6.58. The highest BCUT2D eigenvalue weighted by Crippen LogP contribution is 2.36. The molecule has 0 spiro atoms. The van der Waals surface area contributed by atoms with Gasteiger partial charge in [-0.1, -0.05) is 40.5 Å². The first kappa shape index (κ1) is 16.0. The van der Waals surface area contributed by atoms with E-state index in [1.165, 1.54) is 44.9 Å². The summed E-state index contributed by atoms with van der Waals surface area (Å²) >= 11 is 0. The summed E-state index contributed by atoms with van der Waals surface area (Å²) in [5.74, 6) is 0. The molecule has 0 aromatic carbocycles. The maximum Gasteiger partial charge on any atom is 0.0733 e. The minimum absolute atomic E-state index is 0.428. The van der Waals surface area contributed by atoms with Gasteiger partial charge in [0.2, 0.25) is 0 Å². The zero-order chi connectivity index (χ0) is 13.4. The normalized spacial score (nSPS) is 27.3. The van der Waals surface area contributed by atoms with Gasteiger partial charge in [-0.05, 0) is 44.1 Å². The molecule has 108 valence electrons. The van der Waals surface area contributed by atoms with Crippen molar-refractivity contribution in [3.63, 3.8) is 0 Å². The van der Waals surface area contributed by atoms with Crippen LogP contribution in [0.25, 0.3) is 0 Å². The van der Waals surface area contributed by atoms with Gasteiger partial charge in [0.1, 0.15) is 0 Å². The van der Waals surface area contributed by atoms with Gasteiger partial charge in [-0.25, -0.2) is 0 Å². The molecule has 18 heavy (non-hydrogen) atoms. The summed E-state index contributed by atoms with van der Waals surface area (Å²) in [4.78, 5) is 0. The number of rotatable bonds is 8. The molecule has 1 N–H and O–H groups in total. The van der Waals surface area contributed by atoms with Crippen LogP contribution in [0.4, 0.5) is 0 Å². The SMILES string of the molecule is CCCCCOC1CC(C)(C)CCC1NCCC. The van der Waals surface area contributed by atoms with Crippen LogP contribution in [-0.4, -0.2) is 25.3 Å². The third-order valence-electron chi connectivity index (χ3n) is 4.07. The summed E-state index contributed by atoms with van der Waals surface area (Å²) < 4.78 is 6.17. The maximum atomic E-state index is 6.17. The molecule has 1 fully saturated rings. The molecule has 0 aliphatic heterocycles. The molecule has 1 saturated carbocycles. The number of ether oxygens (including phenoxy) is 1. The van der Waals surface area contributed by atoms with Gasteiger partial charge in [0.05, 0.1) is 6.10 Å². The average Bonchev–Trinajstić information content (AvgIpc) is 2.33. The van der Waals surface area contributed by atoms with Gasteiger partial charge in [0.15, 0.2) is 0 Å². The molecule has 1 aliphatic carbocycles. The first-order valence-electron chi connectivity index (χ1n) is 7.94. The molecule has 2 unspecified atom stereocenters. The molecule has 0 amide bonds. The van der Waals surface area contributed by atoms with Gasteiger partial charge in [-0.3, -0.25) is 0 Å². The molecule has 1 aliphatic rings. The third kappa shape index (κ3) is 5.71. The summed E-state index contributed by atoms with van der Waals surface area (Å²) in [5, 5.41) is 3.68. The Hall–Kier alpha value is -0.0800. The van der Waals surface area contributed by atoms with Crippen LogP contribution in [0.3, 0.4) is 0 Å². The van der Waals surface area contributed by atoms with Gasteiger partial charge in [-0.2, -0.15) is 0 Å². The van der Waals surface area contributed by atoms with Gasteiger partial charge in [-0.15, -0.1) is 0 Å². The zero-order valence-electron chi connectivity index (χ0n) is 12.9. The summed E-state index contributed by atoms with van der Waals surface area (Å²) in [6.07, 6.45) is 9.23. The van der Waals surface area contributed by atoms with E-state index in [2.05, 4.69) is 33.0 Å². The van der Waals surface area contributed by atoms with E-state index in [1.54, 1.807) is 0 Å². The fourth-order valence-corrected chi connectivity index (χ4v) is 2.85. The van der Waals surface area contributed by atoms with E-state index in [4.69, 9.17) is 4.74 Å². The monoisotopic (exact) mass is 255 g/mol. The Morgan fingerprint density at radius 2 is 1.94 bits per heavy atom. The lowest BCUT2D eigenvalue weighted by molar-refractivity contribution is -0.0292. The quantitative estimate of drug-likeness (QED) is 0.658. The standard InChI is InChI=1S/C16H33NO/c1-5-7-8-12-18-15-13-16(3,4)10-9-14(15)17-11-6-2/h14-15,17H,5-13H2,1-4H3. The largest absolute Gasteiger partial charge is 0.377 e. The van der Waals surface area contributed by atoms with E-state index < -0.39 is 0 Å². The first-order valence-corrected chi connectivity index (χ1v) is 7.94. The molecule has 0 radical (unpaired) electrons. The van der Waals surface area contributed by atoms with E-state index >= 15 is 0 Å². The zero-order valence-corrected chi connectivity index (χ0v) is 12.9. The van der Waals surface area contributed by atoms with Crippen molar-refractivity contribution in [1.29, 1.82) is 0 Å². The van der Waals surface area contributed by atoms with Crippen LogP contribution in [0.5, 0.6) is 0 Å².